The molecule has 48 heavy (non-hydrogen) atoms. The third-order valence-electron chi connectivity index (χ3n) is 12.2. The van der Waals surface area contributed by atoms with Gasteiger partial charge in [0.05, 0.1) is 11.2 Å². The number of hydrogen-bond acceptors (Lipinski definition) is 3. The van der Waals surface area contributed by atoms with Crippen molar-refractivity contribution in [2.45, 2.75) is 50.5 Å². The molecule has 0 amide bonds. The molecular formula is C44H38BN3. The zero-order valence-corrected chi connectivity index (χ0v) is 27.6. The van der Waals surface area contributed by atoms with E-state index in [1.165, 1.54) is 81.8 Å². The van der Waals surface area contributed by atoms with Crippen molar-refractivity contribution in [3.05, 3.63) is 151 Å². The SMILES string of the molecule is CC12CCCCC1(C)N1c3cc(N(c4ccccc4)c4ccccc4)cc4c3B(c3ccccc3N4c3ccccc3)c3cccc2c31. The standard InChI is InChI=1S/C44H38BN3/c1-43-27-14-15-28-44(43,2)48-40-30-34(46(31-17-6-3-7-18-31)32-19-8-4-9-20-32)29-39-41(40)45(37-25-16-23-35(43)42(37)48)36-24-12-13-26-38(36)47(39)33-21-10-5-11-22-33/h3-13,16-26,29-30H,14-15,27-28H2,1-2H3. The van der Waals surface area contributed by atoms with Crippen molar-refractivity contribution < 1.29 is 0 Å². The van der Waals surface area contributed by atoms with Crippen LogP contribution in [-0.4, -0.2) is 12.3 Å². The molecule has 3 aliphatic heterocycles. The van der Waals surface area contributed by atoms with Crippen molar-refractivity contribution in [1.82, 2.24) is 0 Å². The van der Waals surface area contributed by atoms with Crippen LogP contribution < -0.4 is 31.1 Å². The summed E-state index contributed by atoms with van der Waals surface area (Å²) in [5.74, 6) is 0. The molecule has 0 spiro atoms. The zero-order chi connectivity index (χ0) is 32.0. The molecule has 3 heterocycles. The van der Waals surface area contributed by atoms with Crippen LogP contribution in [0.1, 0.15) is 45.1 Å². The summed E-state index contributed by atoms with van der Waals surface area (Å²) in [5.41, 5.74) is 15.8. The van der Waals surface area contributed by atoms with Gasteiger partial charge >= 0.3 is 0 Å². The Morgan fingerprint density at radius 3 is 1.90 bits per heavy atom. The summed E-state index contributed by atoms with van der Waals surface area (Å²) in [6.07, 6.45) is 4.94. The maximum Gasteiger partial charge on any atom is 0.252 e. The molecule has 2 unspecified atom stereocenters. The minimum absolute atomic E-state index is 0.0279. The van der Waals surface area contributed by atoms with E-state index in [-0.39, 0.29) is 17.7 Å². The molecule has 0 radical (unpaired) electrons. The second-order valence-corrected chi connectivity index (χ2v) is 14.5. The minimum atomic E-state index is -0.0279. The lowest BCUT2D eigenvalue weighted by Gasteiger charge is -2.53. The lowest BCUT2D eigenvalue weighted by molar-refractivity contribution is 0.195. The van der Waals surface area contributed by atoms with Crippen molar-refractivity contribution in [1.29, 1.82) is 0 Å². The molecule has 4 aliphatic rings. The van der Waals surface area contributed by atoms with Gasteiger partial charge in [0.2, 0.25) is 0 Å². The van der Waals surface area contributed by atoms with Gasteiger partial charge in [-0.3, -0.25) is 0 Å². The summed E-state index contributed by atoms with van der Waals surface area (Å²) in [7, 11) is 0. The summed E-state index contributed by atoms with van der Waals surface area (Å²) >= 11 is 0. The molecule has 2 atom stereocenters. The largest absolute Gasteiger partial charge is 0.335 e. The molecule has 0 saturated heterocycles. The van der Waals surface area contributed by atoms with Crippen LogP contribution in [0.25, 0.3) is 0 Å². The van der Waals surface area contributed by atoms with Gasteiger partial charge in [-0.25, -0.2) is 0 Å². The number of para-hydroxylation sites is 5. The number of rotatable bonds is 4. The van der Waals surface area contributed by atoms with E-state index in [9.17, 15) is 0 Å². The van der Waals surface area contributed by atoms with Crippen LogP contribution in [0.15, 0.2) is 146 Å². The quantitative estimate of drug-likeness (QED) is 0.182. The average molecular weight is 620 g/mol. The van der Waals surface area contributed by atoms with Crippen LogP contribution in [0.5, 0.6) is 0 Å². The molecule has 0 bridgehead atoms. The first-order valence-electron chi connectivity index (χ1n) is 17.5. The van der Waals surface area contributed by atoms with Gasteiger partial charge in [0.1, 0.15) is 0 Å². The first kappa shape index (κ1) is 27.9. The molecule has 6 aromatic carbocycles. The van der Waals surface area contributed by atoms with Gasteiger partial charge in [0.15, 0.2) is 0 Å². The third-order valence-corrected chi connectivity index (χ3v) is 12.2. The lowest BCUT2D eigenvalue weighted by Crippen LogP contribution is -2.64. The molecule has 0 aromatic heterocycles. The second-order valence-electron chi connectivity index (χ2n) is 14.5. The Bertz CT molecular complexity index is 2160. The minimum Gasteiger partial charge on any atom is -0.335 e. The maximum atomic E-state index is 2.82. The molecule has 6 aromatic rings. The first-order chi connectivity index (χ1) is 23.6. The van der Waals surface area contributed by atoms with Gasteiger partial charge in [-0.1, -0.05) is 111 Å². The summed E-state index contributed by atoms with van der Waals surface area (Å²) in [6, 6.07) is 54.0. The lowest BCUT2D eigenvalue weighted by atomic mass is 9.33. The topological polar surface area (TPSA) is 9.72 Å². The van der Waals surface area contributed by atoms with Crippen LogP contribution in [0.2, 0.25) is 0 Å². The van der Waals surface area contributed by atoms with E-state index in [2.05, 4.69) is 174 Å². The molecule has 232 valence electrons. The fraction of sp³-hybridized carbons (Fsp3) is 0.182. The van der Waals surface area contributed by atoms with Crippen LogP contribution in [0.4, 0.5) is 45.5 Å². The average Bonchev–Trinajstić information content (AvgIpc) is 3.35. The number of nitrogens with zero attached hydrogens (tertiary/aromatic N) is 3. The van der Waals surface area contributed by atoms with Crippen molar-refractivity contribution in [2.24, 2.45) is 0 Å². The summed E-state index contributed by atoms with van der Waals surface area (Å²) in [6.45, 7) is 5.28. The fourth-order valence-corrected chi connectivity index (χ4v) is 9.80. The Labute approximate surface area is 284 Å². The van der Waals surface area contributed by atoms with Crippen molar-refractivity contribution in [3.8, 4) is 0 Å². The summed E-state index contributed by atoms with van der Waals surface area (Å²) < 4.78 is 0. The number of anilines is 8. The smallest absolute Gasteiger partial charge is 0.252 e. The van der Waals surface area contributed by atoms with Gasteiger partial charge in [-0.05, 0) is 96.3 Å². The normalized spacial score (nSPS) is 21.2. The predicted octanol–water partition coefficient (Wildman–Crippen LogP) is 9.51. The van der Waals surface area contributed by atoms with E-state index in [1.807, 2.05) is 0 Å². The number of hydrogen-bond donors (Lipinski definition) is 0. The Balaban J connectivity index is 1.34. The second kappa shape index (κ2) is 10.1. The molecule has 1 fully saturated rings. The Kier molecular flexibility index (Phi) is 5.89. The molecule has 1 saturated carbocycles. The summed E-state index contributed by atoms with van der Waals surface area (Å²) in [4.78, 5) is 7.78. The highest BCUT2D eigenvalue weighted by molar-refractivity contribution is 7.00. The molecule has 4 heteroatoms. The first-order valence-corrected chi connectivity index (χ1v) is 17.5. The van der Waals surface area contributed by atoms with E-state index in [0.29, 0.717) is 0 Å². The zero-order valence-electron chi connectivity index (χ0n) is 27.6. The third kappa shape index (κ3) is 3.61. The number of benzene rings is 6. The Morgan fingerprint density at radius 2 is 1.17 bits per heavy atom. The predicted molar refractivity (Wildman–Crippen MR) is 203 cm³/mol. The van der Waals surface area contributed by atoms with E-state index in [1.54, 1.807) is 0 Å². The fourth-order valence-electron chi connectivity index (χ4n) is 9.80. The molecule has 1 aliphatic carbocycles. The summed E-state index contributed by atoms with van der Waals surface area (Å²) in [5, 5.41) is 0. The van der Waals surface area contributed by atoms with Crippen molar-refractivity contribution >= 4 is 68.6 Å². The molecule has 10 rings (SSSR count). The number of fused-ring (bicyclic) bond motifs is 7. The van der Waals surface area contributed by atoms with Crippen LogP contribution >= 0.6 is 0 Å². The maximum absolute atomic E-state index is 2.82. The van der Waals surface area contributed by atoms with E-state index >= 15 is 0 Å². The van der Waals surface area contributed by atoms with Gasteiger partial charge in [0.25, 0.3) is 6.71 Å². The van der Waals surface area contributed by atoms with E-state index < -0.39 is 0 Å². The highest BCUT2D eigenvalue weighted by atomic mass is 15.3. The van der Waals surface area contributed by atoms with Gasteiger partial charge in [-0.15, -0.1) is 0 Å². The molecule has 3 nitrogen and oxygen atoms in total. The Hall–Kier alpha value is -5.22. The van der Waals surface area contributed by atoms with Crippen LogP contribution in [0.3, 0.4) is 0 Å². The Morgan fingerprint density at radius 1 is 0.562 bits per heavy atom. The van der Waals surface area contributed by atoms with Crippen LogP contribution in [-0.2, 0) is 5.41 Å². The highest BCUT2D eigenvalue weighted by Gasteiger charge is 2.61. The monoisotopic (exact) mass is 619 g/mol. The van der Waals surface area contributed by atoms with Crippen molar-refractivity contribution in [2.75, 3.05) is 14.7 Å². The molecular weight excluding hydrogens is 581 g/mol. The van der Waals surface area contributed by atoms with E-state index in [0.717, 1.165) is 11.4 Å². The van der Waals surface area contributed by atoms with Gasteiger partial charge < -0.3 is 14.7 Å². The van der Waals surface area contributed by atoms with Crippen LogP contribution in [0, 0.1) is 0 Å². The molecule has 0 N–H and O–H groups in total. The highest BCUT2D eigenvalue weighted by Crippen LogP contribution is 2.62. The van der Waals surface area contributed by atoms with E-state index in [4.69, 9.17) is 0 Å². The van der Waals surface area contributed by atoms with Crippen molar-refractivity contribution in [3.63, 3.8) is 0 Å². The van der Waals surface area contributed by atoms with Gasteiger partial charge in [0, 0.05) is 45.2 Å². The van der Waals surface area contributed by atoms with Gasteiger partial charge in [-0.2, -0.15) is 0 Å².